The van der Waals surface area contributed by atoms with E-state index in [9.17, 15) is 4.79 Å². The zero-order valence-corrected chi connectivity index (χ0v) is 14.8. The van der Waals surface area contributed by atoms with Crippen LogP contribution in [0.4, 0.5) is 5.82 Å². The lowest BCUT2D eigenvalue weighted by Crippen LogP contribution is -2.15. The molecular weight excluding hydrogens is 384 g/mol. The Kier molecular flexibility index (Phi) is 3.85. The van der Waals surface area contributed by atoms with Gasteiger partial charge < -0.3 is 9.73 Å². The van der Waals surface area contributed by atoms with Gasteiger partial charge in [0.1, 0.15) is 5.82 Å². The molecule has 4 aromatic rings. The van der Waals surface area contributed by atoms with Gasteiger partial charge in [-0.1, -0.05) is 18.2 Å². The van der Waals surface area contributed by atoms with Crippen molar-refractivity contribution in [1.29, 1.82) is 0 Å². The first kappa shape index (κ1) is 15.6. The van der Waals surface area contributed by atoms with Gasteiger partial charge in [-0.05, 0) is 53.2 Å². The Morgan fingerprint density at radius 3 is 2.80 bits per heavy atom. The molecule has 0 aliphatic rings. The number of benzene rings is 1. The van der Waals surface area contributed by atoms with E-state index in [2.05, 4.69) is 31.3 Å². The lowest BCUT2D eigenvalue weighted by Gasteiger charge is -2.08. The van der Waals surface area contributed by atoms with Gasteiger partial charge in [0.25, 0.3) is 5.91 Å². The van der Waals surface area contributed by atoms with Crippen molar-refractivity contribution in [3.8, 4) is 5.82 Å². The van der Waals surface area contributed by atoms with Gasteiger partial charge in [-0.2, -0.15) is 9.78 Å². The number of pyridine rings is 1. The van der Waals surface area contributed by atoms with E-state index in [1.165, 1.54) is 0 Å². The lowest BCUT2D eigenvalue weighted by atomic mass is 10.2. The first-order valence-electron chi connectivity index (χ1n) is 7.60. The minimum Gasteiger partial charge on any atom is -0.444 e. The fourth-order valence-corrected chi connectivity index (χ4v) is 2.86. The zero-order valence-electron chi connectivity index (χ0n) is 13.2. The summed E-state index contributed by atoms with van der Waals surface area (Å²) < 4.78 is 7.39. The van der Waals surface area contributed by atoms with E-state index in [4.69, 9.17) is 4.42 Å². The normalized spacial score (nSPS) is 11.0. The first-order valence-corrected chi connectivity index (χ1v) is 8.39. The van der Waals surface area contributed by atoms with Gasteiger partial charge in [0.2, 0.25) is 0 Å². The number of nitrogens with zero attached hydrogens (tertiary/aromatic N) is 3. The molecule has 1 amide bonds. The number of nitrogens with one attached hydrogen (secondary N) is 1. The van der Waals surface area contributed by atoms with Gasteiger partial charge in [-0.15, -0.1) is 0 Å². The van der Waals surface area contributed by atoms with Gasteiger partial charge in [-0.25, -0.2) is 4.98 Å². The summed E-state index contributed by atoms with van der Waals surface area (Å²) in [6.07, 6.45) is 0. The van der Waals surface area contributed by atoms with Crippen LogP contribution in [0.2, 0.25) is 0 Å². The SMILES string of the molecule is Cc1cc(NC(=O)c2ccc(Br)o2)n(-c2ccc3ccccc3n2)n1. The predicted molar refractivity (Wildman–Crippen MR) is 98.0 cm³/mol. The molecular formula is C18H13BrN4O2. The second-order valence-electron chi connectivity index (χ2n) is 5.50. The molecule has 4 rings (SSSR count). The first-order chi connectivity index (χ1) is 12.1. The van der Waals surface area contributed by atoms with Crippen LogP contribution in [0, 0.1) is 6.92 Å². The molecule has 7 heteroatoms. The molecule has 0 aliphatic heterocycles. The van der Waals surface area contributed by atoms with Crippen molar-refractivity contribution >= 4 is 38.6 Å². The minimum absolute atomic E-state index is 0.212. The predicted octanol–water partition coefficient (Wildman–Crippen LogP) is 4.34. The van der Waals surface area contributed by atoms with Crippen LogP contribution in [0.25, 0.3) is 16.7 Å². The van der Waals surface area contributed by atoms with Crippen molar-refractivity contribution in [1.82, 2.24) is 14.8 Å². The number of hydrogen-bond donors (Lipinski definition) is 1. The van der Waals surface area contributed by atoms with E-state index in [0.717, 1.165) is 16.6 Å². The highest BCUT2D eigenvalue weighted by Crippen LogP contribution is 2.21. The van der Waals surface area contributed by atoms with E-state index < -0.39 is 0 Å². The van der Waals surface area contributed by atoms with Crippen LogP contribution in [-0.4, -0.2) is 20.7 Å². The molecule has 0 spiro atoms. The summed E-state index contributed by atoms with van der Waals surface area (Å²) in [5.41, 5.74) is 1.63. The Balaban J connectivity index is 1.71. The van der Waals surface area contributed by atoms with Crippen molar-refractivity contribution in [3.05, 3.63) is 70.7 Å². The molecule has 0 bridgehead atoms. The molecule has 25 heavy (non-hydrogen) atoms. The molecule has 0 saturated heterocycles. The van der Waals surface area contributed by atoms with E-state index in [-0.39, 0.29) is 11.7 Å². The van der Waals surface area contributed by atoms with Crippen molar-refractivity contribution < 1.29 is 9.21 Å². The van der Waals surface area contributed by atoms with Gasteiger partial charge in [0.15, 0.2) is 16.2 Å². The van der Waals surface area contributed by atoms with Crippen molar-refractivity contribution in [3.63, 3.8) is 0 Å². The van der Waals surface area contributed by atoms with Crippen LogP contribution in [-0.2, 0) is 0 Å². The van der Waals surface area contributed by atoms with Gasteiger partial charge in [0, 0.05) is 11.5 Å². The Hall–Kier alpha value is -2.93. The fourth-order valence-electron chi connectivity index (χ4n) is 2.55. The number of amides is 1. The van der Waals surface area contributed by atoms with Gasteiger partial charge >= 0.3 is 0 Å². The van der Waals surface area contributed by atoms with Crippen molar-refractivity contribution in [2.24, 2.45) is 0 Å². The molecule has 3 aromatic heterocycles. The van der Waals surface area contributed by atoms with Crippen LogP contribution >= 0.6 is 15.9 Å². The fraction of sp³-hybridized carbons (Fsp3) is 0.0556. The maximum atomic E-state index is 12.3. The topological polar surface area (TPSA) is 73.0 Å². The van der Waals surface area contributed by atoms with Crippen LogP contribution in [0.3, 0.4) is 0 Å². The number of furan rings is 1. The highest BCUT2D eigenvalue weighted by atomic mass is 79.9. The number of hydrogen-bond acceptors (Lipinski definition) is 4. The molecule has 6 nitrogen and oxygen atoms in total. The highest BCUT2D eigenvalue weighted by Gasteiger charge is 2.16. The minimum atomic E-state index is -0.354. The summed E-state index contributed by atoms with van der Waals surface area (Å²) in [6.45, 7) is 1.86. The third kappa shape index (κ3) is 3.06. The molecule has 0 fully saturated rings. The summed E-state index contributed by atoms with van der Waals surface area (Å²) in [6, 6.07) is 16.7. The number of carbonyl (C=O) groups excluding carboxylic acids is 1. The Bertz CT molecular complexity index is 1080. The van der Waals surface area contributed by atoms with Crippen molar-refractivity contribution in [2.75, 3.05) is 5.32 Å². The van der Waals surface area contributed by atoms with Crippen molar-refractivity contribution in [2.45, 2.75) is 6.92 Å². The lowest BCUT2D eigenvalue weighted by molar-refractivity contribution is 0.0994. The van der Waals surface area contributed by atoms with E-state index >= 15 is 0 Å². The summed E-state index contributed by atoms with van der Waals surface area (Å²) >= 11 is 3.19. The Labute approximate surface area is 151 Å². The number of fused-ring (bicyclic) bond motifs is 1. The number of aryl methyl sites for hydroxylation is 1. The standard InChI is InChI=1S/C18H13BrN4O2/c1-11-10-17(21-18(24)14-7-8-15(19)25-14)23(22-11)16-9-6-12-4-2-3-5-13(12)20-16/h2-10H,1H3,(H,21,24). The number of para-hydroxylation sites is 1. The van der Waals surface area contributed by atoms with E-state index in [1.807, 2.05) is 43.3 Å². The maximum Gasteiger partial charge on any atom is 0.292 e. The molecule has 0 atom stereocenters. The smallest absolute Gasteiger partial charge is 0.292 e. The average Bonchev–Trinajstić information content (AvgIpc) is 3.20. The number of rotatable bonds is 3. The molecule has 1 N–H and O–H groups in total. The maximum absolute atomic E-state index is 12.3. The molecule has 0 unspecified atom stereocenters. The summed E-state index contributed by atoms with van der Waals surface area (Å²) in [5.74, 6) is 1.01. The van der Waals surface area contributed by atoms with E-state index in [1.54, 1.807) is 22.9 Å². The monoisotopic (exact) mass is 396 g/mol. The summed E-state index contributed by atoms with van der Waals surface area (Å²) in [4.78, 5) is 17.0. The Morgan fingerprint density at radius 2 is 2.00 bits per heavy atom. The van der Waals surface area contributed by atoms with Crippen LogP contribution < -0.4 is 5.32 Å². The molecule has 1 aromatic carbocycles. The molecule has 0 saturated carbocycles. The third-order valence-corrected chi connectivity index (χ3v) is 4.10. The highest BCUT2D eigenvalue weighted by molar-refractivity contribution is 9.10. The number of halogens is 1. The number of aromatic nitrogens is 3. The summed E-state index contributed by atoms with van der Waals surface area (Å²) in [7, 11) is 0. The quantitative estimate of drug-likeness (QED) is 0.558. The molecule has 3 heterocycles. The average molecular weight is 397 g/mol. The molecule has 0 radical (unpaired) electrons. The third-order valence-electron chi connectivity index (χ3n) is 3.67. The molecule has 0 aliphatic carbocycles. The van der Waals surface area contributed by atoms with Crippen LogP contribution in [0.5, 0.6) is 0 Å². The van der Waals surface area contributed by atoms with Crippen LogP contribution in [0.1, 0.15) is 16.2 Å². The summed E-state index contributed by atoms with van der Waals surface area (Å²) in [5, 5.41) is 8.30. The van der Waals surface area contributed by atoms with Crippen LogP contribution in [0.15, 0.2) is 63.7 Å². The molecule has 124 valence electrons. The zero-order chi connectivity index (χ0) is 17.4. The number of anilines is 1. The largest absolute Gasteiger partial charge is 0.444 e. The van der Waals surface area contributed by atoms with Gasteiger partial charge in [0.05, 0.1) is 11.2 Å². The van der Waals surface area contributed by atoms with E-state index in [0.29, 0.717) is 16.3 Å². The number of carbonyl (C=O) groups is 1. The second-order valence-corrected chi connectivity index (χ2v) is 6.28. The van der Waals surface area contributed by atoms with Gasteiger partial charge in [-0.3, -0.25) is 4.79 Å². The Morgan fingerprint density at radius 1 is 1.16 bits per heavy atom. The second kappa shape index (κ2) is 6.18.